The van der Waals surface area contributed by atoms with Crippen LogP contribution in [-0.4, -0.2) is 67.5 Å². The number of carbonyl (C=O) groups is 4. The van der Waals surface area contributed by atoms with E-state index in [1.807, 2.05) is 0 Å². The van der Waals surface area contributed by atoms with E-state index in [1.54, 1.807) is 54.6 Å². The number of imidazole rings is 1. The number of rotatable bonds is 14. The lowest BCUT2D eigenvalue weighted by Gasteiger charge is -2.42. The fraction of sp³-hybridized carbons (Fsp3) is 0.345. The van der Waals surface area contributed by atoms with E-state index < -0.39 is 59.8 Å². The first kappa shape index (κ1) is 32.7. The largest absolute Gasteiger partial charge is 0.493 e. The van der Waals surface area contributed by atoms with Crippen LogP contribution < -0.4 is 28.2 Å². The summed E-state index contributed by atoms with van der Waals surface area (Å²) in [5.41, 5.74) is 15.1. The van der Waals surface area contributed by atoms with Gasteiger partial charge < -0.3 is 37.7 Å². The molecular weight excluding hydrogens is 558 g/mol. The van der Waals surface area contributed by atoms with Crippen LogP contribution in [0.5, 0.6) is 5.88 Å². The first-order valence-corrected chi connectivity index (χ1v) is 13.7. The maximum absolute atomic E-state index is 14.3. The van der Waals surface area contributed by atoms with Crippen molar-refractivity contribution in [1.82, 2.24) is 19.8 Å². The highest BCUT2D eigenvalue weighted by molar-refractivity contribution is 6.03. The van der Waals surface area contributed by atoms with Crippen LogP contribution in [0, 0.1) is 0 Å². The van der Waals surface area contributed by atoms with Gasteiger partial charge in [-0.2, -0.15) is 0 Å². The van der Waals surface area contributed by atoms with Gasteiger partial charge in [-0.25, -0.2) is 14.3 Å². The van der Waals surface area contributed by atoms with Crippen molar-refractivity contribution in [2.75, 3.05) is 13.1 Å². The van der Waals surface area contributed by atoms with Crippen molar-refractivity contribution < 1.29 is 29.4 Å². The van der Waals surface area contributed by atoms with Crippen molar-refractivity contribution in [3.63, 3.8) is 0 Å². The van der Waals surface area contributed by atoms with E-state index >= 15 is 0 Å². The maximum Gasteiger partial charge on any atom is 0.331 e. The van der Waals surface area contributed by atoms with E-state index in [-0.39, 0.29) is 18.8 Å². The van der Waals surface area contributed by atoms with E-state index in [2.05, 4.69) is 10.3 Å². The molecule has 3 amide bonds. The molecule has 3 aromatic rings. The Morgan fingerprint density at radius 2 is 1.67 bits per heavy atom. The lowest BCUT2D eigenvalue weighted by molar-refractivity contribution is -0.166. The smallest absolute Gasteiger partial charge is 0.331 e. The molecule has 0 bridgehead atoms. The number of hydrogen-bond acceptors (Lipinski definition) is 9. The van der Waals surface area contributed by atoms with Crippen molar-refractivity contribution in [2.45, 2.75) is 50.9 Å². The number of nitrogens with two attached hydrogens (primary N) is 3. The zero-order valence-corrected chi connectivity index (χ0v) is 23.8. The van der Waals surface area contributed by atoms with Gasteiger partial charge in [0.2, 0.25) is 23.4 Å². The predicted molar refractivity (Wildman–Crippen MR) is 157 cm³/mol. The van der Waals surface area contributed by atoms with Crippen molar-refractivity contribution in [3.05, 3.63) is 76.2 Å². The number of hydrogen-bond donors (Lipinski definition) is 7. The Labute approximate surface area is 247 Å². The number of benzene rings is 2. The quantitative estimate of drug-likeness (QED) is 0.122. The van der Waals surface area contributed by atoms with Crippen LogP contribution in [0.4, 0.5) is 0 Å². The molecule has 3 rings (SSSR count). The summed E-state index contributed by atoms with van der Waals surface area (Å²) in [6, 6.07) is 13.0. The molecule has 2 aromatic carbocycles. The highest BCUT2D eigenvalue weighted by Gasteiger charge is 2.54. The van der Waals surface area contributed by atoms with E-state index in [0.717, 1.165) is 12.5 Å². The molecule has 230 valence electrons. The van der Waals surface area contributed by atoms with Crippen LogP contribution >= 0.6 is 0 Å². The van der Waals surface area contributed by atoms with Gasteiger partial charge in [-0.05, 0) is 30.5 Å². The highest BCUT2D eigenvalue weighted by Crippen LogP contribution is 2.36. The van der Waals surface area contributed by atoms with Gasteiger partial charge >= 0.3 is 11.7 Å². The van der Waals surface area contributed by atoms with Crippen molar-refractivity contribution in [3.8, 4) is 17.1 Å². The molecule has 43 heavy (non-hydrogen) atoms. The van der Waals surface area contributed by atoms with Crippen molar-refractivity contribution >= 4 is 23.7 Å². The van der Waals surface area contributed by atoms with Gasteiger partial charge in [0.15, 0.2) is 0 Å². The zero-order valence-electron chi connectivity index (χ0n) is 23.8. The summed E-state index contributed by atoms with van der Waals surface area (Å²) in [4.78, 5) is 69.6. The molecule has 0 aliphatic carbocycles. The molecule has 0 saturated carbocycles. The summed E-state index contributed by atoms with van der Waals surface area (Å²) in [6.07, 6.45) is -0.362. The molecule has 0 spiro atoms. The molecule has 0 unspecified atom stereocenters. The number of H-pyrrole nitrogens is 1. The fourth-order valence-electron chi connectivity index (χ4n) is 4.85. The molecular formula is C29H37N7O7. The number of imide groups is 1. The first-order chi connectivity index (χ1) is 20.5. The van der Waals surface area contributed by atoms with Gasteiger partial charge in [0, 0.05) is 32.0 Å². The maximum atomic E-state index is 14.3. The molecule has 1 heterocycles. The first-order valence-electron chi connectivity index (χ1n) is 13.7. The van der Waals surface area contributed by atoms with Gasteiger partial charge in [0.1, 0.15) is 5.69 Å². The Kier molecular flexibility index (Phi) is 11.0. The van der Waals surface area contributed by atoms with E-state index in [4.69, 9.17) is 17.2 Å². The number of unbranched alkanes of at least 4 members (excludes halogenated alkanes) is 1. The third-order valence-electron chi connectivity index (χ3n) is 6.91. The van der Waals surface area contributed by atoms with E-state index in [9.17, 15) is 34.2 Å². The molecule has 0 aliphatic heterocycles. The minimum absolute atomic E-state index is 0.0566. The molecule has 0 aliphatic rings. The average Bonchev–Trinajstić information content (AvgIpc) is 3.28. The van der Waals surface area contributed by atoms with Gasteiger partial charge in [0.25, 0.3) is 5.91 Å². The standard InChI is InChI=1S/C29H37N7O7/c1-18(37)35(25(40)22(32)15-23(38)39)29(16-19-7-3-2-4-8-19,27(42)33-14-6-5-13-30)36-26(41)24(34-28(36)43)21-11-9-20(17-31)10-12-21/h2-4,7-12,22,41H,5-6,13-17,30-32H2,1H3,(H,33,42)(H,34,43)(H,38,39)/t22-,29+/m0/s1. The van der Waals surface area contributed by atoms with Crippen LogP contribution in [0.15, 0.2) is 59.4 Å². The number of aromatic amines is 1. The summed E-state index contributed by atoms with van der Waals surface area (Å²) < 4.78 is 0.636. The molecule has 10 N–H and O–H groups in total. The number of carboxylic acids is 1. The fourth-order valence-corrected chi connectivity index (χ4v) is 4.85. The Hall–Kier alpha value is -4.79. The van der Waals surface area contributed by atoms with Crippen LogP contribution in [0.1, 0.15) is 37.3 Å². The monoisotopic (exact) mass is 595 g/mol. The minimum Gasteiger partial charge on any atom is -0.493 e. The predicted octanol–water partition coefficient (Wildman–Crippen LogP) is -0.0646. The normalized spacial score (nSPS) is 13.1. The second-order valence-corrected chi connectivity index (χ2v) is 9.99. The van der Waals surface area contributed by atoms with E-state index in [0.29, 0.717) is 40.0 Å². The minimum atomic E-state index is -2.56. The average molecular weight is 596 g/mol. The molecule has 14 nitrogen and oxygen atoms in total. The Morgan fingerprint density at radius 1 is 1.02 bits per heavy atom. The lowest BCUT2D eigenvalue weighted by Crippen LogP contribution is -2.68. The zero-order chi connectivity index (χ0) is 31.7. The summed E-state index contributed by atoms with van der Waals surface area (Å²) >= 11 is 0. The number of aromatic hydroxyl groups is 1. The number of carboxylic acid groups (broad SMARTS) is 1. The van der Waals surface area contributed by atoms with Crippen LogP contribution in [0.3, 0.4) is 0 Å². The van der Waals surface area contributed by atoms with Gasteiger partial charge in [0.05, 0.1) is 12.5 Å². The number of aliphatic carboxylic acids is 1. The van der Waals surface area contributed by atoms with Crippen LogP contribution in [-0.2, 0) is 37.8 Å². The molecule has 0 saturated heterocycles. The molecule has 0 radical (unpaired) electrons. The highest BCUT2D eigenvalue weighted by atomic mass is 16.4. The molecule has 1 aromatic heterocycles. The van der Waals surface area contributed by atoms with Gasteiger partial charge in [-0.15, -0.1) is 0 Å². The number of aromatic nitrogens is 2. The Balaban J connectivity index is 2.37. The molecule has 0 fully saturated rings. The van der Waals surface area contributed by atoms with Gasteiger partial charge in [-0.3, -0.25) is 19.2 Å². The number of carbonyl (C=O) groups excluding carboxylic acids is 3. The summed E-state index contributed by atoms with van der Waals surface area (Å²) in [6.45, 7) is 1.63. The second kappa shape index (κ2) is 14.4. The molecule has 2 atom stereocenters. The topological polar surface area (TPSA) is 240 Å². The summed E-state index contributed by atoms with van der Waals surface area (Å²) in [5, 5.41) is 23.6. The number of amides is 3. The number of nitrogens with zero attached hydrogens (tertiary/aromatic N) is 2. The summed E-state index contributed by atoms with van der Waals surface area (Å²) in [7, 11) is 0. The summed E-state index contributed by atoms with van der Waals surface area (Å²) in [5.74, 6) is -5.40. The van der Waals surface area contributed by atoms with E-state index in [1.165, 1.54) is 0 Å². The van der Waals surface area contributed by atoms with Crippen LogP contribution in [0.2, 0.25) is 0 Å². The SMILES string of the molecule is CC(=O)N(C(=O)[C@@H](N)CC(=O)O)[C@@](Cc1ccccc1)(C(=O)NCCCCN)n1c(O)c(-c2ccc(CN)cc2)[nH]c1=O. The lowest BCUT2D eigenvalue weighted by atomic mass is 9.94. The van der Waals surface area contributed by atoms with Crippen molar-refractivity contribution in [1.29, 1.82) is 0 Å². The second-order valence-electron chi connectivity index (χ2n) is 9.99. The molecule has 14 heteroatoms. The number of nitrogens with one attached hydrogen (secondary N) is 2. The Bertz CT molecular complexity index is 1500. The van der Waals surface area contributed by atoms with Crippen molar-refractivity contribution in [2.24, 2.45) is 17.2 Å². The third-order valence-corrected chi connectivity index (χ3v) is 6.91. The Morgan fingerprint density at radius 3 is 2.23 bits per heavy atom. The van der Waals surface area contributed by atoms with Crippen LogP contribution in [0.25, 0.3) is 11.3 Å². The third kappa shape index (κ3) is 7.17. The van der Waals surface area contributed by atoms with Gasteiger partial charge in [-0.1, -0.05) is 54.6 Å².